The zero-order chi connectivity index (χ0) is 39.1. The summed E-state index contributed by atoms with van der Waals surface area (Å²) in [6, 6.07) is 8.71. The van der Waals surface area contributed by atoms with Crippen LogP contribution in [0.15, 0.2) is 67.3 Å². The van der Waals surface area contributed by atoms with Crippen LogP contribution in [0, 0.1) is 28.8 Å². The summed E-state index contributed by atoms with van der Waals surface area (Å²) in [4.78, 5) is 51.3. The molecular weight excluding hydrogens is 739 g/mol. The second kappa shape index (κ2) is 19.9. The Bertz CT molecular complexity index is 1880. The number of ether oxygens (including phenoxy) is 5. The number of amides is 1. The smallest absolute Gasteiger partial charge is 0.480 e. The standard InChI is InChI=1S/C35H34F3N5O10S/c1-22(54-26-16-49-33(50-17-26)5-3-2-4-24-7-6-23(14-39)12-28(24)37)35(18-43-20-40-19-42-43,27-9-8-25(36)13-29(27)38)53-34(48)52-21-51-32(47)11-10-30(44)41-15-31(45)46/h2-9,12-13,19-20,22,26,33H,10-11,15-18,21H2,1H3,(H,41,44)(H,45,46)/b4-2+,5-3+. The molecule has 2 heterocycles. The van der Waals surface area contributed by atoms with Crippen molar-refractivity contribution in [2.24, 2.45) is 0 Å². The minimum atomic E-state index is -1.94. The van der Waals surface area contributed by atoms with Crippen molar-refractivity contribution in [2.75, 3.05) is 26.6 Å². The minimum Gasteiger partial charge on any atom is -0.480 e. The van der Waals surface area contributed by atoms with Crippen molar-refractivity contribution in [2.45, 2.75) is 48.7 Å². The molecule has 2 aromatic carbocycles. The van der Waals surface area contributed by atoms with Gasteiger partial charge >= 0.3 is 18.1 Å². The van der Waals surface area contributed by atoms with Crippen LogP contribution in [0.4, 0.5) is 18.0 Å². The van der Waals surface area contributed by atoms with Crippen molar-refractivity contribution in [1.82, 2.24) is 20.1 Å². The predicted molar refractivity (Wildman–Crippen MR) is 182 cm³/mol. The van der Waals surface area contributed by atoms with Gasteiger partial charge in [-0.2, -0.15) is 10.4 Å². The molecule has 2 atom stereocenters. The first-order valence-corrected chi connectivity index (χ1v) is 17.0. The van der Waals surface area contributed by atoms with Gasteiger partial charge in [0, 0.05) is 28.9 Å². The predicted octanol–water partition coefficient (Wildman–Crippen LogP) is 4.23. The summed E-state index contributed by atoms with van der Waals surface area (Å²) in [5.41, 5.74) is -1.69. The number of esters is 1. The topological polar surface area (TPSA) is 201 Å². The molecular formula is C35H34F3N5O10S. The zero-order valence-corrected chi connectivity index (χ0v) is 29.4. The maximum atomic E-state index is 15.6. The second-order valence-corrected chi connectivity index (χ2v) is 13.1. The van der Waals surface area contributed by atoms with E-state index in [1.165, 1.54) is 47.3 Å². The van der Waals surface area contributed by atoms with Crippen molar-refractivity contribution in [3.05, 3.63) is 101 Å². The molecule has 3 aromatic rings. The Morgan fingerprint density at radius 3 is 2.56 bits per heavy atom. The Balaban J connectivity index is 1.42. The van der Waals surface area contributed by atoms with Crippen LogP contribution < -0.4 is 5.32 Å². The van der Waals surface area contributed by atoms with Gasteiger partial charge in [-0.15, -0.1) is 11.8 Å². The highest BCUT2D eigenvalue weighted by Gasteiger charge is 2.47. The van der Waals surface area contributed by atoms with E-state index in [1.807, 2.05) is 6.07 Å². The van der Waals surface area contributed by atoms with Crippen LogP contribution in [0.5, 0.6) is 0 Å². The summed E-state index contributed by atoms with van der Waals surface area (Å²) in [5.74, 6) is -5.41. The number of carboxylic acids is 1. The molecule has 2 N–H and O–H groups in total. The number of nitrogens with one attached hydrogen (secondary N) is 1. The molecule has 0 saturated carbocycles. The van der Waals surface area contributed by atoms with E-state index >= 15 is 4.39 Å². The Morgan fingerprint density at radius 1 is 1.11 bits per heavy atom. The molecule has 19 heteroatoms. The van der Waals surface area contributed by atoms with Gasteiger partial charge in [0.25, 0.3) is 0 Å². The average Bonchev–Trinajstić information content (AvgIpc) is 3.65. The molecule has 0 bridgehead atoms. The Labute approximate surface area is 310 Å². The first kappa shape index (κ1) is 41.1. The highest BCUT2D eigenvalue weighted by atomic mass is 32.2. The Hall–Kier alpha value is -5.71. The molecule has 1 aliphatic rings. The van der Waals surface area contributed by atoms with E-state index in [4.69, 9.17) is 34.1 Å². The minimum absolute atomic E-state index is 0.137. The van der Waals surface area contributed by atoms with Gasteiger partial charge in [-0.05, 0) is 37.3 Å². The van der Waals surface area contributed by atoms with E-state index in [9.17, 15) is 28.0 Å². The van der Waals surface area contributed by atoms with Gasteiger partial charge in [-0.3, -0.25) is 14.4 Å². The summed E-state index contributed by atoms with van der Waals surface area (Å²) in [5, 5.41) is 22.4. The van der Waals surface area contributed by atoms with E-state index in [1.54, 1.807) is 25.2 Å². The molecule has 15 nitrogen and oxygen atoms in total. The van der Waals surface area contributed by atoms with E-state index in [-0.39, 0.29) is 48.1 Å². The number of hydrogen-bond donors (Lipinski definition) is 2. The molecule has 1 fully saturated rings. The lowest BCUT2D eigenvalue weighted by atomic mass is 9.89. The van der Waals surface area contributed by atoms with Crippen molar-refractivity contribution < 1.29 is 61.1 Å². The molecule has 2 unspecified atom stereocenters. The summed E-state index contributed by atoms with van der Waals surface area (Å²) < 4.78 is 72.3. The number of carbonyl (C=O) groups excluding carboxylic acids is 3. The fourth-order valence-electron chi connectivity index (χ4n) is 5.00. The van der Waals surface area contributed by atoms with E-state index in [0.29, 0.717) is 6.07 Å². The first-order valence-electron chi connectivity index (χ1n) is 16.1. The maximum Gasteiger partial charge on any atom is 0.512 e. The molecule has 1 aliphatic heterocycles. The number of rotatable bonds is 17. The van der Waals surface area contributed by atoms with Crippen LogP contribution in [0.25, 0.3) is 6.08 Å². The van der Waals surface area contributed by atoms with Gasteiger partial charge in [0.15, 0.2) is 11.9 Å². The van der Waals surface area contributed by atoms with Crippen LogP contribution in [-0.4, -0.2) is 87.2 Å². The number of halogens is 3. The average molecular weight is 774 g/mol. The van der Waals surface area contributed by atoms with Crippen LogP contribution in [0.1, 0.15) is 36.5 Å². The van der Waals surface area contributed by atoms with Crippen molar-refractivity contribution in [1.29, 1.82) is 5.26 Å². The van der Waals surface area contributed by atoms with Crippen molar-refractivity contribution in [3.63, 3.8) is 0 Å². The SMILES string of the molecule is CC(SC1COC(/C=C/C=C/c2ccc(C#N)cc2F)OC1)C(Cn1cncn1)(OC(=O)OCOC(=O)CCC(=O)NCC(=O)O)c1ccc(F)cc1F. The largest absolute Gasteiger partial charge is 0.512 e. The van der Waals surface area contributed by atoms with Crippen LogP contribution in [0.3, 0.4) is 0 Å². The third-order valence-corrected chi connectivity index (χ3v) is 9.08. The number of nitriles is 1. The van der Waals surface area contributed by atoms with Gasteiger partial charge in [-0.25, -0.2) is 27.6 Å². The number of carboxylic acid groups (broad SMARTS) is 1. The highest BCUT2D eigenvalue weighted by Crippen LogP contribution is 2.42. The van der Waals surface area contributed by atoms with Crippen LogP contribution in [-0.2, 0) is 50.2 Å². The zero-order valence-electron chi connectivity index (χ0n) is 28.6. The van der Waals surface area contributed by atoms with Crippen molar-refractivity contribution >= 4 is 41.8 Å². The van der Waals surface area contributed by atoms with Crippen molar-refractivity contribution in [3.8, 4) is 6.07 Å². The maximum absolute atomic E-state index is 15.6. The lowest BCUT2D eigenvalue weighted by Gasteiger charge is -2.40. The molecule has 0 radical (unpaired) electrons. The number of thioether (sulfide) groups is 1. The highest BCUT2D eigenvalue weighted by molar-refractivity contribution is 8.00. The van der Waals surface area contributed by atoms with Crippen LogP contribution in [0.2, 0.25) is 0 Å². The summed E-state index contributed by atoms with van der Waals surface area (Å²) in [6.07, 6.45) is 5.81. The van der Waals surface area contributed by atoms with Crippen LogP contribution >= 0.6 is 11.8 Å². The monoisotopic (exact) mass is 773 g/mol. The fraction of sp³-hybridized carbons (Fsp3) is 0.343. The molecule has 0 spiro atoms. The van der Waals surface area contributed by atoms with Gasteiger partial charge in [0.05, 0.1) is 43.1 Å². The van der Waals surface area contributed by atoms with E-state index in [2.05, 4.69) is 15.4 Å². The van der Waals surface area contributed by atoms with E-state index in [0.717, 1.165) is 18.2 Å². The molecule has 4 rings (SSSR count). The van der Waals surface area contributed by atoms with Gasteiger partial charge < -0.3 is 34.1 Å². The molecule has 1 saturated heterocycles. The Kier molecular flexibility index (Phi) is 15.2. The summed E-state index contributed by atoms with van der Waals surface area (Å²) in [6.45, 7) is 0.00425. The number of benzene rings is 2. The lowest BCUT2D eigenvalue weighted by molar-refractivity contribution is -0.156. The summed E-state index contributed by atoms with van der Waals surface area (Å²) in [7, 11) is 0. The summed E-state index contributed by atoms with van der Waals surface area (Å²) >= 11 is 1.21. The Morgan fingerprint density at radius 2 is 1.89 bits per heavy atom. The number of aliphatic carboxylic acids is 1. The second-order valence-electron chi connectivity index (χ2n) is 11.4. The number of hydrogen-bond acceptors (Lipinski definition) is 13. The third-order valence-electron chi connectivity index (χ3n) is 7.64. The number of aromatic nitrogens is 3. The van der Waals surface area contributed by atoms with Gasteiger partial charge in [0.1, 0.15) is 36.7 Å². The number of carbonyl (C=O) groups is 4. The first-order chi connectivity index (χ1) is 25.9. The fourth-order valence-corrected chi connectivity index (χ4v) is 6.36. The number of nitrogens with zero attached hydrogens (tertiary/aromatic N) is 4. The molecule has 286 valence electrons. The normalized spacial score (nSPS) is 17.3. The molecule has 1 amide bonds. The van der Waals surface area contributed by atoms with E-state index < -0.39 is 78.4 Å². The van der Waals surface area contributed by atoms with Gasteiger partial charge in [-0.1, -0.05) is 24.3 Å². The quantitative estimate of drug-likeness (QED) is 0.112. The third kappa shape index (κ3) is 12.2. The molecule has 54 heavy (non-hydrogen) atoms. The molecule has 1 aromatic heterocycles. The van der Waals surface area contributed by atoms with Gasteiger partial charge in [0.2, 0.25) is 12.7 Å². The lowest BCUT2D eigenvalue weighted by Crippen LogP contribution is -2.47. The number of allylic oxidation sites excluding steroid dienone is 2. The molecule has 0 aliphatic carbocycles.